The van der Waals surface area contributed by atoms with Crippen LogP contribution in [0.4, 0.5) is 0 Å². The zero-order chi connectivity index (χ0) is 14.8. The van der Waals surface area contributed by atoms with Crippen LogP contribution in [0.1, 0.15) is 24.8 Å². The van der Waals surface area contributed by atoms with Gasteiger partial charge < -0.3 is 14.6 Å². The lowest BCUT2D eigenvalue weighted by atomic mass is 9.96. The fraction of sp³-hybridized carbons (Fsp3) is 0.250. The summed E-state index contributed by atoms with van der Waals surface area (Å²) >= 11 is 0. The Bertz CT molecular complexity index is 684. The third-order valence-electron chi connectivity index (χ3n) is 3.52. The molecule has 1 atom stereocenters. The maximum atomic E-state index is 10.8. The molecule has 3 rings (SSSR count). The number of ether oxygens (including phenoxy) is 2. The molecule has 0 spiro atoms. The zero-order valence-corrected chi connectivity index (χ0v) is 11.6. The highest BCUT2D eigenvalue weighted by Crippen LogP contribution is 2.36. The first-order valence-corrected chi connectivity index (χ1v) is 6.70. The number of rotatable bonds is 4. The molecule has 1 aliphatic rings. The van der Waals surface area contributed by atoms with Gasteiger partial charge >= 0.3 is 5.97 Å². The molecule has 2 heterocycles. The van der Waals surface area contributed by atoms with Gasteiger partial charge in [-0.3, -0.25) is 9.78 Å². The van der Waals surface area contributed by atoms with Gasteiger partial charge in [0.25, 0.3) is 0 Å². The largest absolute Gasteiger partial charge is 0.481 e. The van der Waals surface area contributed by atoms with E-state index in [2.05, 4.69) is 4.98 Å². The van der Waals surface area contributed by atoms with Crippen LogP contribution in [0.2, 0.25) is 0 Å². The molecule has 5 nitrogen and oxygen atoms in total. The molecule has 1 unspecified atom stereocenters. The van der Waals surface area contributed by atoms with Crippen molar-refractivity contribution >= 4 is 5.97 Å². The number of nitrogens with zero attached hydrogens (tertiary/aromatic N) is 1. The summed E-state index contributed by atoms with van der Waals surface area (Å²) in [7, 11) is 0. The maximum absolute atomic E-state index is 10.8. The van der Waals surface area contributed by atoms with Gasteiger partial charge in [-0.25, -0.2) is 0 Å². The Balaban J connectivity index is 1.90. The van der Waals surface area contributed by atoms with E-state index in [1.807, 2.05) is 31.2 Å². The van der Waals surface area contributed by atoms with E-state index in [0.717, 1.165) is 28.2 Å². The average Bonchev–Trinajstić information content (AvgIpc) is 2.94. The SMILES string of the molecule is CC(CC(=O)O)c1cncc(-c2ccc3c(c2)OCO3)c1. The quantitative estimate of drug-likeness (QED) is 0.935. The van der Waals surface area contributed by atoms with Crippen LogP contribution in [0.25, 0.3) is 11.1 Å². The first-order valence-electron chi connectivity index (χ1n) is 6.70. The second-order valence-electron chi connectivity index (χ2n) is 5.07. The Hall–Kier alpha value is -2.56. The van der Waals surface area contributed by atoms with Gasteiger partial charge in [0.2, 0.25) is 6.79 Å². The number of hydrogen-bond acceptors (Lipinski definition) is 4. The first-order chi connectivity index (χ1) is 10.1. The fourth-order valence-electron chi connectivity index (χ4n) is 2.34. The van der Waals surface area contributed by atoms with E-state index < -0.39 is 5.97 Å². The number of carboxylic acid groups (broad SMARTS) is 1. The topological polar surface area (TPSA) is 68.7 Å². The highest BCUT2D eigenvalue weighted by molar-refractivity contribution is 5.69. The standard InChI is InChI=1S/C16H15NO4/c1-10(4-16(18)19)12-5-13(8-17-7-12)11-2-3-14-15(6-11)21-9-20-14/h2-3,5-8,10H,4,9H2,1H3,(H,18,19). The van der Waals surface area contributed by atoms with Crippen LogP contribution in [0.5, 0.6) is 11.5 Å². The molecule has 2 aromatic rings. The minimum absolute atomic E-state index is 0.0797. The van der Waals surface area contributed by atoms with Crippen molar-refractivity contribution in [2.45, 2.75) is 19.3 Å². The number of hydrogen-bond donors (Lipinski definition) is 1. The smallest absolute Gasteiger partial charge is 0.303 e. The normalized spacial score (nSPS) is 14.0. The van der Waals surface area contributed by atoms with Crippen LogP contribution in [-0.4, -0.2) is 22.9 Å². The summed E-state index contributed by atoms with van der Waals surface area (Å²) < 4.78 is 10.7. The Labute approximate surface area is 122 Å². The van der Waals surface area contributed by atoms with Gasteiger partial charge in [0.15, 0.2) is 11.5 Å². The average molecular weight is 285 g/mol. The summed E-state index contributed by atoms with van der Waals surface area (Å²) in [6.07, 6.45) is 3.56. The van der Waals surface area contributed by atoms with Crippen molar-refractivity contribution in [2.75, 3.05) is 6.79 Å². The summed E-state index contributed by atoms with van der Waals surface area (Å²) in [5, 5.41) is 8.89. The molecule has 0 saturated carbocycles. The summed E-state index contributed by atoms with van der Waals surface area (Å²) in [5.74, 6) is 0.568. The monoisotopic (exact) mass is 285 g/mol. The molecule has 0 aliphatic carbocycles. The van der Waals surface area contributed by atoms with E-state index in [4.69, 9.17) is 14.6 Å². The van der Waals surface area contributed by atoms with Gasteiger partial charge in [0, 0.05) is 18.0 Å². The van der Waals surface area contributed by atoms with E-state index in [9.17, 15) is 4.79 Å². The predicted octanol–water partition coefficient (Wildman–Crippen LogP) is 3.06. The number of aliphatic carboxylic acids is 1. The van der Waals surface area contributed by atoms with Crippen molar-refractivity contribution in [3.05, 3.63) is 42.2 Å². The number of pyridine rings is 1. The van der Waals surface area contributed by atoms with Crippen LogP contribution in [0.15, 0.2) is 36.7 Å². The van der Waals surface area contributed by atoms with Crippen LogP contribution < -0.4 is 9.47 Å². The second kappa shape index (κ2) is 5.44. The predicted molar refractivity (Wildman–Crippen MR) is 76.5 cm³/mol. The number of carbonyl (C=O) groups is 1. The zero-order valence-electron chi connectivity index (χ0n) is 11.6. The van der Waals surface area contributed by atoms with Crippen LogP contribution in [0.3, 0.4) is 0 Å². The molecular weight excluding hydrogens is 270 g/mol. The molecule has 0 radical (unpaired) electrons. The van der Waals surface area contributed by atoms with E-state index >= 15 is 0 Å². The molecule has 0 saturated heterocycles. The fourth-order valence-corrected chi connectivity index (χ4v) is 2.34. The molecule has 1 aromatic heterocycles. The van der Waals surface area contributed by atoms with Crippen molar-refractivity contribution in [3.63, 3.8) is 0 Å². The summed E-state index contributed by atoms with van der Waals surface area (Å²) in [6.45, 7) is 2.13. The van der Waals surface area contributed by atoms with Crippen LogP contribution in [-0.2, 0) is 4.79 Å². The molecule has 21 heavy (non-hydrogen) atoms. The first kappa shape index (κ1) is 13.4. The van der Waals surface area contributed by atoms with Crippen molar-refractivity contribution in [2.24, 2.45) is 0 Å². The van der Waals surface area contributed by atoms with Crippen molar-refractivity contribution in [3.8, 4) is 22.6 Å². The van der Waals surface area contributed by atoms with E-state index in [1.165, 1.54) is 0 Å². The van der Waals surface area contributed by atoms with Crippen LogP contribution in [0, 0.1) is 0 Å². The highest BCUT2D eigenvalue weighted by Gasteiger charge is 2.15. The number of benzene rings is 1. The maximum Gasteiger partial charge on any atom is 0.303 e. The van der Waals surface area contributed by atoms with Gasteiger partial charge in [-0.05, 0) is 35.2 Å². The Morgan fingerprint density at radius 3 is 2.86 bits per heavy atom. The third-order valence-corrected chi connectivity index (χ3v) is 3.52. The Morgan fingerprint density at radius 2 is 2.05 bits per heavy atom. The van der Waals surface area contributed by atoms with Crippen LogP contribution >= 0.6 is 0 Å². The number of fused-ring (bicyclic) bond motifs is 1. The lowest BCUT2D eigenvalue weighted by Gasteiger charge is -2.10. The summed E-state index contributed by atoms with van der Waals surface area (Å²) in [6, 6.07) is 7.68. The van der Waals surface area contributed by atoms with Crippen molar-refractivity contribution < 1.29 is 19.4 Å². The lowest BCUT2D eigenvalue weighted by molar-refractivity contribution is -0.137. The number of aromatic nitrogens is 1. The van der Waals surface area contributed by atoms with E-state index in [-0.39, 0.29) is 19.1 Å². The molecule has 1 aromatic carbocycles. The van der Waals surface area contributed by atoms with Gasteiger partial charge in [-0.2, -0.15) is 0 Å². The van der Waals surface area contributed by atoms with Gasteiger partial charge in [-0.1, -0.05) is 13.0 Å². The summed E-state index contributed by atoms with van der Waals surface area (Å²) in [5.41, 5.74) is 2.81. The number of carboxylic acids is 1. The Kier molecular flexibility index (Phi) is 3.48. The second-order valence-corrected chi connectivity index (χ2v) is 5.07. The van der Waals surface area contributed by atoms with E-state index in [0.29, 0.717) is 0 Å². The molecule has 0 bridgehead atoms. The minimum atomic E-state index is -0.809. The highest BCUT2D eigenvalue weighted by atomic mass is 16.7. The molecule has 0 fully saturated rings. The molecular formula is C16H15NO4. The molecule has 1 aliphatic heterocycles. The van der Waals surface area contributed by atoms with Gasteiger partial charge in [0.1, 0.15) is 0 Å². The van der Waals surface area contributed by atoms with Gasteiger partial charge in [-0.15, -0.1) is 0 Å². The van der Waals surface area contributed by atoms with Gasteiger partial charge in [0.05, 0.1) is 6.42 Å². The Morgan fingerprint density at radius 1 is 1.24 bits per heavy atom. The van der Waals surface area contributed by atoms with E-state index in [1.54, 1.807) is 12.4 Å². The molecule has 5 heteroatoms. The lowest BCUT2D eigenvalue weighted by Crippen LogP contribution is -2.03. The molecule has 108 valence electrons. The summed E-state index contributed by atoms with van der Waals surface area (Å²) in [4.78, 5) is 15.0. The third kappa shape index (κ3) is 2.81. The van der Waals surface area contributed by atoms with Crippen molar-refractivity contribution in [1.82, 2.24) is 4.98 Å². The molecule has 1 N–H and O–H groups in total. The minimum Gasteiger partial charge on any atom is -0.481 e. The molecule has 0 amide bonds. The van der Waals surface area contributed by atoms with Crippen molar-refractivity contribution in [1.29, 1.82) is 0 Å².